The van der Waals surface area contributed by atoms with Gasteiger partial charge in [-0.1, -0.05) is 19.3 Å². The molecule has 0 saturated heterocycles. The average molecular weight is 415 g/mol. The van der Waals surface area contributed by atoms with Gasteiger partial charge >= 0.3 is 5.97 Å². The zero-order chi connectivity index (χ0) is 22.3. The van der Waals surface area contributed by atoms with Gasteiger partial charge in [-0.3, -0.25) is 24.5 Å². The van der Waals surface area contributed by atoms with E-state index < -0.39 is 33.8 Å². The van der Waals surface area contributed by atoms with E-state index in [4.69, 9.17) is 0 Å². The summed E-state index contributed by atoms with van der Waals surface area (Å²) in [7, 11) is 1.18. The number of rotatable bonds is 9. The number of nitro groups is 1. The molecule has 1 unspecified atom stereocenters. The Bertz CT molecular complexity index is 870. The number of carbonyl (C=O) groups excluding carboxylic acids is 3. The van der Waals surface area contributed by atoms with E-state index in [0.717, 1.165) is 32.1 Å². The fourth-order valence-electron chi connectivity index (χ4n) is 3.92. The maximum Gasteiger partial charge on any atom is 0.305 e. The molecule has 0 heterocycles. The maximum absolute atomic E-state index is 12.4. The van der Waals surface area contributed by atoms with E-state index in [1.54, 1.807) is 6.07 Å². The molecule has 1 saturated carbocycles. The van der Waals surface area contributed by atoms with Crippen molar-refractivity contribution in [3.05, 3.63) is 33.9 Å². The van der Waals surface area contributed by atoms with Gasteiger partial charge in [-0.2, -0.15) is 5.26 Å². The summed E-state index contributed by atoms with van der Waals surface area (Å²) in [4.78, 5) is 48.1. The van der Waals surface area contributed by atoms with Crippen molar-refractivity contribution in [2.45, 2.75) is 63.3 Å². The van der Waals surface area contributed by atoms with Crippen LogP contribution in [0, 0.1) is 21.4 Å². The zero-order valence-corrected chi connectivity index (χ0v) is 17.1. The van der Waals surface area contributed by atoms with Crippen LogP contribution < -0.4 is 4.90 Å². The van der Waals surface area contributed by atoms with Gasteiger partial charge in [0.15, 0.2) is 5.78 Å². The Hall–Kier alpha value is -3.28. The quantitative estimate of drug-likeness (QED) is 0.261. The van der Waals surface area contributed by atoms with Gasteiger partial charge in [0.1, 0.15) is 5.92 Å². The second-order valence-electron chi connectivity index (χ2n) is 7.64. The molecule has 1 aliphatic rings. The number of nitrogens with zero attached hydrogens (tertiary/aromatic N) is 3. The number of benzene rings is 1. The Labute approximate surface area is 174 Å². The van der Waals surface area contributed by atoms with Gasteiger partial charge in [-0.15, -0.1) is 0 Å². The first-order valence-electron chi connectivity index (χ1n) is 9.79. The Morgan fingerprint density at radius 3 is 2.53 bits per heavy atom. The zero-order valence-electron chi connectivity index (χ0n) is 17.1. The minimum atomic E-state index is -1.39. The third-order valence-corrected chi connectivity index (χ3v) is 5.67. The number of anilines is 1. The number of Topliss-reactive ketones (excluding diaryl/α,β-unsaturated/α-hetero) is 1. The van der Waals surface area contributed by atoms with Gasteiger partial charge in [-0.05, 0) is 31.9 Å². The van der Waals surface area contributed by atoms with Crippen LogP contribution in [0.4, 0.5) is 11.4 Å². The van der Waals surface area contributed by atoms with Crippen molar-refractivity contribution < 1.29 is 24.0 Å². The molecule has 1 aromatic rings. The lowest BCUT2D eigenvalue weighted by atomic mass is 9.81. The number of hydrogen-bond donors (Lipinski definition) is 0. The molecule has 30 heavy (non-hydrogen) atoms. The predicted molar refractivity (Wildman–Crippen MR) is 108 cm³/mol. The molecule has 0 N–H and O–H groups in total. The number of nitro benzene ring substituents is 1. The molecule has 1 aromatic carbocycles. The van der Waals surface area contributed by atoms with E-state index in [2.05, 4.69) is 4.74 Å². The molecule has 1 atom stereocenters. The summed E-state index contributed by atoms with van der Waals surface area (Å²) >= 11 is 0. The molecule has 0 bridgehead atoms. The topological polar surface area (TPSA) is 131 Å². The van der Waals surface area contributed by atoms with Crippen LogP contribution in [0.15, 0.2) is 18.2 Å². The largest absolute Gasteiger partial charge is 0.469 e. The first-order chi connectivity index (χ1) is 14.3. The Morgan fingerprint density at radius 1 is 1.33 bits per heavy atom. The number of nitriles is 1. The highest BCUT2D eigenvalue weighted by Gasteiger charge is 2.35. The minimum Gasteiger partial charge on any atom is -0.469 e. The summed E-state index contributed by atoms with van der Waals surface area (Å²) in [5.74, 6) is -2.60. The van der Waals surface area contributed by atoms with E-state index in [9.17, 15) is 29.8 Å². The standard InChI is InChI=1S/C21H25N3O6/c1-21(10-4-3-5-11-21)23(14-25)15-6-7-16(18(12-15)24(28)29)17(13-22)19(26)8-9-20(27)30-2/h6-7,12,14,17H,3-5,8-11H2,1-2H3. The smallest absolute Gasteiger partial charge is 0.305 e. The van der Waals surface area contributed by atoms with E-state index in [-0.39, 0.29) is 18.4 Å². The van der Waals surface area contributed by atoms with Crippen LogP contribution in [0.2, 0.25) is 0 Å². The normalized spacial score (nSPS) is 16.0. The van der Waals surface area contributed by atoms with Crippen molar-refractivity contribution in [1.82, 2.24) is 0 Å². The molecule has 0 spiro atoms. The van der Waals surface area contributed by atoms with Gasteiger partial charge in [0.2, 0.25) is 6.41 Å². The first kappa shape index (κ1) is 23.0. The van der Waals surface area contributed by atoms with Gasteiger partial charge in [0.25, 0.3) is 5.69 Å². The summed E-state index contributed by atoms with van der Waals surface area (Å²) in [6, 6.07) is 5.91. The van der Waals surface area contributed by atoms with Crippen LogP contribution in [0.25, 0.3) is 0 Å². The highest BCUT2D eigenvalue weighted by atomic mass is 16.6. The van der Waals surface area contributed by atoms with Gasteiger partial charge in [0, 0.05) is 18.0 Å². The number of methoxy groups -OCH3 is 1. The lowest BCUT2D eigenvalue weighted by molar-refractivity contribution is -0.385. The lowest BCUT2D eigenvalue weighted by Gasteiger charge is -2.41. The third kappa shape index (κ3) is 5.00. The molecule has 9 heteroatoms. The lowest BCUT2D eigenvalue weighted by Crippen LogP contribution is -2.47. The number of esters is 1. The molecule has 0 aliphatic heterocycles. The van der Waals surface area contributed by atoms with Crippen LogP contribution in [0.5, 0.6) is 0 Å². The number of carbonyl (C=O) groups is 3. The fraction of sp³-hybridized carbons (Fsp3) is 0.524. The summed E-state index contributed by atoms with van der Waals surface area (Å²) in [6.07, 6.45) is 4.78. The van der Waals surface area contributed by atoms with Crippen molar-refractivity contribution in [2.75, 3.05) is 12.0 Å². The van der Waals surface area contributed by atoms with E-state index in [1.165, 1.54) is 30.2 Å². The van der Waals surface area contributed by atoms with Gasteiger partial charge in [-0.25, -0.2) is 0 Å². The molecule has 2 rings (SSSR count). The van der Waals surface area contributed by atoms with E-state index in [1.807, 2.05) is 6.92 Å². The Balaban J connectivity index is 2.39. The molecule has 0 aromatic heterocycles. The summed E-state index contributed by atoms with van der Waals surface area (Å²) in [6.45, 7) is 1.95. The van der Waals surface area contributed by atoms with Crippen molar-refractivity contribution in [2.24, 2.45) is 0 Å². The maximum atomic E-state index is 12.4. The van der Waals surface area contributed by atoms with E-state index >= 15 is 0 Å². The SMILES string of the molecule is COC(=O)CCC(=O)C(C#N)c1ccc(N(C=O)C2(C)CCCCC2)cc1[N+](=O)[O-]. The summed E-state index contributed by atoms with van der Waals surface area (Å²) < 4.78 is 4.48. The second-order valence-corrected chi connectivity index (χ2v) is 7.64. The Morgan fingerprint density at radius 2 is 2.00 bits per heavy atom. The molecule has 160 valence electrons. The number of amides is 1. The number of ketones is 1. The molecule has 0 radical (unpaired) electrons. The molecule has 9 nitrogen and oxygen atoms in total. The average Bonchev–Trinajstić information content (AvgIpc) is 2.73. The molecule has 1 fully saturated rings. The number of hydrogen-bond acceptors (Lipinski definition) is 7. The van der Waals surface area contributed by atoms with Crippen molar-refractivity contribution in [3.8, 4) is 6.07 Å². The minimum absolute atomic E-state index is 0.0548. The highest BCUT2D eigenvalue weighted by molar-refractivity contribution is 5.92. The first-order valence-corrected chi connectivity index (χ1v) is 9.79. The molecule has 1 aliphatic carbocycles. The summed E-state index contributed by atoms with van der Waals surface area (Å²) in [5, 5.41) is 21.2. The van der Waals surface area contributed by atoms with Crippen LogP contribution in [0.1, 0.15) is 63.4 Å². The van der Waals surface area contributed by atoms with Crippen LogP contribution >= 0.6 is 0 Å². The predicted octanol–water partition coefficient (Wildman–Crippen LogP) is 3.41. The molecular weight excluding hydrogens is 390 g/mol. The number of ether oxygens (including phenoxy) is 1. The van der Waals surface area contributed by atoms with Gasteiger partial charge < -0.3 is 9.64 Å². The third-order valence-electron chi connectivity index (χ3n) is 5.67. The Kier molecular flexibility index (Phi) is 7.64. The van der Waals surface area contributed by atoms with Crippen molar-refractivity contribution >= 4 is 29.5 Å². The van der Waals surface area contributed by atoms with Gasteiger partial charge in [0.05, 0.1) is 35.8 Å². The van der Waals surface area contributed by atoms with Crippen molar-refractivity contribution in [1.29, 1.82) is 5.26 Å². The summed E-state index contributed by atoms with van der Waals surface area (Å²) in [5.41, 5.74) is -0.554. The van der Waals surface area contributed by atoms with Crippen LogP contribution in [-0.4, -0.2) is 35.7 Å². The van der Waals surface area contributed by atoms with E-state index in [0.29, 0.717) is 12.1 Å². The monoisotopic (exact) mass is 415 g/mol. The van der Waals surface area contributed by atoms with Crippen LogP contribution in [-0.2, 0) is 19.1 Å². The molecular formula is C21H25N3O6. The highest BCUT2D eigenvalue weighted by Crippen LogP contribution is 2.38. The van der Waals surface area contributed by atoms with Crippen LogP contribution in [0.3, 0.4) is 0 Å². The fourth-order valence-corrected chi connectivity index (χ4v) is 3.92. The molecule has 1 amide bonds. The van der Waals surface area contributed by atoms with Crippen molar-refractivity contribution in [3.63, 3.8) is 0 Å². The second kappa shape index (κ2) is 9.96.